The van der Waals surface area contributed by atoms with Crippen molar-refractivity contribution < 1.29 is 55.9 Å². The van der Waals surface area contributed by atoms with Crippen molar-refractivity contribution in [1.82, 2.24) is 15.0 Å². The number of phenolic OH excluding ortho intramolecular Hbond substituents is 1. The quantitative estimate of drug-likeness (QED) is 0.0172. The fourth-order valence-electron chi connectivity index (χ4n) is 4.97. The van der Waals surface area contributed by atoms with Gasteiger partial charge in [-0.25, -0.2) is 8.42 Å². The first-order chi connectivity index (χ1) is 26.1. The minimum absolute atomic E-state index is 0.00154. The Morgan fingerprint density at radius 2 is 1.64 bits per heavy atom. The van der Waals surface area contributed by atoms with Crippen LogP contribution in [0.3, 0.4) is 0 Å². The van der Waals surface area contributed by atoms with E-state index in [4.69, 9.17) is 27.4 Å². The molecule has 4 N–H and O–H groups in total. The number of hydrazone groups is 1. The number of aromatic carboxylic acids is 1. The number of carbonyl (C=O) groups is 1. The molecule has 0 aliphatic rings. The second kappa shape index (κ2) is 17.3. The molecule has 0 atom stereocenters. The van der Waals surface area contributed by atoms with Gasteiger partial charge >= 0.3 is 286 Å². The molecule has 5 rings (SSSR count). The van der Waals surface area contributed by atoms with Crippen molar-refractivity contribution in [3.63, 3.8) is 0 Å². The Kier molecular flexibility index (Phi) is 12.8. The van der Waals surface area contributed by atoms with E-state index in [-0.39, 0.29) is 57.1 Å². The summed E-state index contributed by atoms with van der Waals surface area (Å²) in [5, 5.41) is 35.7. The summed E-state index contributed by atoms with van der Waals surface area (Å²) >= 11 is 11.9. The Bertz CT molecular complexity index is 2560. The molecule has 0 aliphatic heterocycles. The summed E-state index contributed by atoms with van der Waals surface area (Å²) in [6.07, 6.45) is 0.424. The standard InChI is InChI=1S/C34H32ClN9O8S2.Cu/c1-3-17-53(48,49)23-14-10-13-22(18-23)44(4-2)34-38-32(35)37-33(39-34)36-27-19-24(54(50,51)52)20-28(29(27)45)41-43-30(21-11-6-5-7-12-21)42-40-26-16-9-8-15-25(26)31(46)47;/h5-16,18-20H,3-4,17H2,1-2H3,(H5,36,37,38,39,40,41,42,43,45,46,47,50,51,52);/q;+2/p-1. The average Bonchev–Trinajstić information content (AvgIpc) is 3.14. The van der Waals surface area contributed by atoms with Gasteiger partial charge in [-0.3, -0.25) is 0 Å². The zero-order valence-electron chi connectivity index (χ0n) is 28.7. The van der Waals surface area contributed by atoms with Gasteiger partial charge in [0.2, 0.25) is 0 Å². The number of aromatic nitrogens is 3. The zero-order valence-corrected chi connectivity index (χ0v) is 32.1. The van der Waals surface area contributed by atoms with Gasteiger partial charge in [0.1, 0.15) is 0 Å². The van der Waals surface area contributed by atoms with Crippen LogP contribution >= 0.6 is 11.6 Å². The molecule has 0 saturated carbocycles. The Balaban J connectivity index is 1.57. The molecule has 21 heteroatoms. The molecule has 17 nitrogen and oxygen atoms in total. The Labute approximate surface area is 328 Å². The normalized spacial score (nSPS) is 12.1. The van der Waals surface area contributed by atoms with Crippen LogP contribution < -0.4 is 10.2 Å². The number of nitrogens with one attached hydrogen (secondary N) is 1. The predicted molar refractivity (Wildman–Crippen MR) is 198 cm³/mol. The number of aromatic hydroxyl groups is 1. The SMILES string of the molecule is CCCS(=O)(=O)c1cccc(N(CC)c2nc(Cl)nc(Nc3cc(S(=O)(=O)O)cc([N+](=[Cu])N=C(N=Nc4ccccc4C(=O)O)c4ccccc4)c3O)n2)c1. The molecular formula is C34H31ClCuN9O8S2+. The fourth-order valence-corrected chi connectivity index (χ4v) is 7.26. The summed E-state index contributed by atoms with van der Waals surface area (Å²) in [5.74, 6) is -2.46. The molecule has 0 fully saturated rings. The van der Waals surface area contributed by atoms with Crippen LogP contribution in [0.5, 0.6) is 5.75 Å². The molecule has 0 spiro atoms. The Hall–Kier alpha value is -5.50. The molecule has 289 valence electrons. The van der Waals surface area contributed by atoms with E-state index >= 15 is 0 Å². The minimum atomic E-state index is -4.93. The maximum absolute atomic E-state index is 12.8. The van der Waals surface area contributed by atoms with Crippen LogP contribution in [0, 0.1) is 0 Å². The van der Waals surface area contributed by atoms with Crippen LogP contribution in [-0.2, 0) is 35.8 Å². The number of halogens is 1. The van der Waals surface area contributed by atoms with Crippen molar-refractivity contribution in [3.8, 4) is 5.75 Å². The number of benzene rings is 4. The molecule has 4 aromatic carbocycles. The second-order valence-electron chi connectivity index (χ2n) is 11.3. The van der Waals surface area contributed by atoms with Crippen LogP contribution in [0.1, 0.15) is 36.2 Å². The number of nitrogens with zero attached hydrogens (tertiary/aromatic N) is 8. The van der Waals surface area contributed by atoms with Crippen LogP contribution in [0.25, 0.3) is 0 Å². The molecule has 0 amide bonds. The molecule has 1 aromatic heterocycles. The van der Waals surface area contributed by atoms with Gasteiger partial charge in [0.15, 0.2) is 9.84 Å². The Morgan fingerprint density at radius 1 is 0.927 bits per heavy atom. The number of amidine groups is 1. The fraction of sp³-hybridized carbons (Fsp3) is 0.147. The third-order valence-corrected chi connectivity index (χ3v) is 10.7. The van der Waals surface area contributed by atoms with Crippen molar-refractivity contribution in [2.24, 2.45) is 15.3 Å². The molecule has 0 unspecified atom stereocenters. The van der Waals surface area contributed by atoms with E-state index in [0.717, 1.165) is 12.1 Å². The van der Waals surface area contributed by atoms with Gasteiger partial charge in [-0.15, -0.1) is 0 Å². The number of hydrogen-bond donors (Lipinski definition) is 4. The average molecular weight is 857 g/mol. The molecule has 55 heavy (non-hydrogen) atoms. The number of rotatable bonds is 14. The van der Waals surface area contributed by atoms with E-state index in [1.807, 2.05) is 0 Å². The summed E-state index contributed by atoms with van der Waals surface area (Å²) < 4.78 is 61.0. The van der Waals surface area contributed by atoms with Crippen LogP contribution in [0.4, 0.5) is 34.6 Å². The van der Waals surface area contributed by atoms with E-state index < -0.39 is 42.3 Å². The van der Waals surface area contributed by atoms with E-state index in [1.165, 1.54) is 30.3 Å². The summed E-state index contributed by atoms with van der Waals surface area (Å²) in [6, 6.07) is 22.0. The molecule has 0 aliphatic carbocycles. The van der Waals surface area contributed by atoms with Crippen molar-refractivity contribution in [2.75, 3.05) is 22.5 Å². The number of phenols is 1. The maximum atomic E-state index is 12.8. The van der Waals surface area contributed by atoms with Crippen LogP contribution in [0.15, 0.2) is 116 Å². The number of carboxylic acid groups (broad SMARTS) is 1. The van der Waals surface area contributed by atoms with Crippen LogP contribution in [0.2, 0.25) is 5.28 Å². The molecule has 0 radical (unpaired) electrons. The summed E-state index contributed by atoms with van der Waals surface area (Å²) in [5.41, 5.74) is -0.166. The van der Waals surface area contributed by atoms with E-state index in [1.54, 1.807) is 67.3 Å². The number of anilines is 4. The predicted octanol–water partition coefficient (Wildman–Crippen LogP) is 6.78. The number of azo groups is 1. The van der Waals surface area contributed by atoms with E-state index in [9.17, 15) is 36.4 Å². The van der Waals surface area contributed by atoms with Gasteiger partial charge in [0.05, 0.1) is 5.75 Å². The number of hydrogen-bond acceptors (Lipinski definition) is 13. The first kappa shape index (κ1) is 40.7. The van der Waals surface area contributed by atoms with Gasteiger partial charge in [-0.2, -0.15) is 0 Å². The number of carboxylic acids is 1. The topological polar surface area (TPSA) is 240 Å². The molecule has 1 heterocycles. The van der Waals surface area contributed by atoms with Gasteiger partial charge in [-0.05, 0) is 12.5 Å². The van der Waals surface area contributed by atoms with Crippen LogP contribution in [-0.4, -0.2) is 74.3 Å². The first-order valence-corrected chi connectivity index (χ1v) is 19.9. The summed E-state index contributed by atoms with van der Waals surface area (Å²) in [7, 11) is -8.49. The van der Waals surface area contributed by atoms with Crippen molar-refractivity contribution in [1.29, 1.82) is 0 Å². The summed E-state index contributed by atoms with van der Waals surface area (Å²) in [4.78, 5) is 25.2. The van der Waals surface area contributed by atoms with Gasteiger partial charge in [0.25, 0.3) is 0 Å². The van der Waals surface area contributed by atoms with Gasteiger partial charge in [0, 0.05) is 0 Å². The molecular weight excluding hydrogens is 826 g/mol. The van der Waals surface area contributed by atoms with E-state index in [0.29, 0.717) is 21.3 Å². The first-order valence-electron chi connectivity index (χ1n) is 16.0. The van der Waals surface area contributed by atoms with Gasteiger partial charge in [-0.1, -0.05) is 6.92 Å². The molecule has 5 aromatic rings. The summed E-state index contributed by atoms with van der Waals surface area (Å²) in [6.45, 7) is 3.77. The third-order valence-electron chi connectivity index (χ3n) is 7.50. The second-order valence-corrected chi connectivity index (χ2v) is 15.5. The third kappa shape index (κ3) is 9.98. The molecule has 0 saturated heterocycles. The van der Waals surface area contributed by atoms with Gasteiger partial charge < -0.3 is 0 Å². The van der Waals surface area contributed by atoms with Crippen molar-refractivity contribution in [2.45, 2.75) is 30.1 Å². The van der Waals surface area contributed by atoms with E-state index in [2.05, 4.69) is 35.6 Å². The van der Waals surface area contributed by atoms with Crippen molar-refractivity contribution in [3.05, 3.63) is 107 Å². The Morgan fingerprint density at radius 3 is 2.31 bits per heavy atom. The van der Waals surface area contributed by atoms with Crippen molar-refractivity contribution >= 4 is 78.0 Å². The zero-order chi connectivity index (χ0) is 39.9. The molecule has 0 bridgehead atoms. The number of sulfone groups is 1. The monoisotopic (exact) mass is 855 g/mol.